The fraction of sp³-hybridized carbons (Fsp3) is 0.571. The maximum Gasteiger partial charge on any atom is 0.254 e. The third-order valence-electron chi connectivity index (χ3n) is 6.17. The normalized spacial score (nSPS) is 27.8. The molecule has 1 heterocycles. The molecule has 0 radical (unpaired) electrons. The number of fused-ring (bicyclic) bond motifs is 2. The minimum absolute atomic E-state index is 0.0599. The monoisotopic (exact) mass is 356 g/mol. The van der Waals surface area contributed by atoms with Crippen molar-refractivity contribution < 1.29 is 14.3 Å². The molecule has 4 rings (SSSR count). The van der Waals surface area contributed by atoms with E-state index in [2.05, 4.69) is 17.1 Å². The first-order valence-electron chi connectivity index (χ1n) is 9.59. The zero-order valence-corrected chi connectivity index (χ0v) is 15.7. The summed E-state index contributed by atoms with van der Waals surface area (Å²) >= 11 is 0. The average molecular weight is 356 g/mol. The van der Waals surface area contributed by atoms with Crippen molar-refractivity contribution in [2.45, 2.75) is 12.8 Å². The van der Waals surface area contributed by atoms with Gasteiger partial charge in [0.2, 0.25) is 0 Å². The van der Waals surface area contributed by atoms with Crippen molar-refractivity contribution in [3.8, 4) is 11.5 Å². The Kier molecular flexibility index (Phi) is 4.90. The zero-order chi connectivity index (χ0) is 18.1. The first kappa shape index (κ1) is 17.4. The zero-order valence-electron chi connectivity index (χ0n) is 15.7. The molecule has 1 saturated carbocycles. The van der Waals surface area contributed by atoms with Crippen LogP contribution in [0.4, 0.5) is 0 Å². The second kappa shape index (κ2) is 7.31. The maximum atomic E-state index is 12.9. The number of benzene rings is 1. The van der Waals surface area contributed by atoms with Crippen molar-refractivity contribution >= 4 is 5.91 Å². The predicted octanol–water partition coefficient (Wildman–Crippen LogP) is 2.67. The third kappa shape index (κ3) is 3.45. The smallest absolute Gasteiger partial charge is 0.254 e. The van der Waals surface area contributed by atoms with Gasteiger partial charge in [-0.15, -0.1) is 0 Å². The molecule has 1 saturated heterocycles. The fourth-order valence-corrected chi connectivity index (χ4v) is 4.68. The highest BCUT2D eigenvalue weighted by atomic mass is 16.5. The largest absolute Gasteiger partial charge is 0.497 e. The highest BCUT2D eigenvalue weighted by molar-refractivity contribution is 5.95. The van der Waals surface area contributed by atoms with Crippen LogP contribution in [0.2, 0.25) is 0 Å². The summed E-state index contributed by atoms with van der Waals surface area (Å²) in [6, 6.07) is 5.37. The van der Waals surface area contributed by atoms with Gasteiger partial charge in [0.15, 0.2) is 0 Å². The molecule has 2 aliphatic carbocycles. The number of ether oxygens (including phenoxy) is 2. The molecular weight excluding hydrogens is 328 g/mol. The van der Waals surface area contributed by atoms with Gasteiger partial charge in [0.05, 0.1) is 14.2 Å². The summed E-state index contributed by atoms with van der Waals surface area (Å²) in [5, 5.41) is 0. The lowest BCUT2D eigenvalue weighted by molar-refractivity contribution is 0.0609. The Hall–Kier alpha value is -2.01. The van der Waals surface area contributed by atoms with Crippen molar-refractivity contribution in [3.05, 3.63) is 35.9 Å². The van der Waals surface area contributed by atoms with E-state index in [0.29, 0.717) is 17.1 Å². The highest BCUT2D eigenvalue weighted by Crippen LogP contribution is 2.43. The lowest BCUT2D eigenvalue weighted by atomic mass is 9.93. The first-order valence-corrected chi connectivity index (χ1v) is 9.59. The van der Waals surface area contributed by atoms with Gasteiger partial charge in [0.1, 0.15) is 11.5 Å². The van der Waals surface area contributed by atoms with Crippen LogP contribution in [0.3, 0.4) is 0 Å². The summed E-state index contributed by atoms with van der Waals surface area (Å²) in [6.07, 6.45) is 7.54. The molecule has 5 heteroatoms. The molecule has 26 heavy (non-hydrogen) atoms. The quantitative estimate of drug-likeness (QED) is 0.761. The van der Waals surface area contributed by atoms with Crippen LogP contribution in [0.25, 0.3) is 0 Å². The predicted molar refractivity (Wildman–Crippen MR) is 101 cm³/mol. The van der Waals surface area contributed by atoms with Crippen LogP contribution < -0.4 is 9.47 Å². The van der Waals surface area contributed by atoms with Crippen molar-refractivity contribution in [2.75, 3.05) is 46.9 Å². The van der Waals surface area contributed by atoms with E-state index in [-0.39, 0.29) is 5.91 Å². The number of piperazine rings is 1. The number of carbonyl (C=O) groups is 1. The van der Waals surface area contributed by atoms with Crippen LogP contribution in [0, 0.1) is 17.8 Å². The van der Waals surface area contributed by atoms with Crippen LogP contribution >= 0.6 is 0 Å². The van der Waals surface area contributed by atoms with Crippen LogP contribution in [-0.2, 0) is 0 Å². The SMILES string of the molecule is COc1cc(OC)cc(C(=O)N2CCN(C[C@H]3C[C@@H]4C=C[C@H]3C4)CC2)c1. The van der Waals surface area contributed by atoms with Crippen molar-refractivity contribution in [1.29, 1.82) is 0 Å². The number of nitrogens with zero attached hydrogens (tertiary/aromatic N) is 2. The summed E-state index contributed by atoms with van der Waals surface area (Å²) in [5.41, 5.74) is 0.632. The molecule has 1 aliphatic heterocycles. The van der Waals surface area contributed by atoms with E-state index >= 15 is 0 Å². The summed E-state index contributed by atoms with van der Waals surface area (Å²) in [7, 11) is 3.21. The number of methoxy groups -OCH3 is 2. The summed E-state index contributed by atoms with van der Waals surface area (Å²) in [6.45, 7) is 4.68. The fourth-order valence-electron chi connectivity index (χ4n) is 4.68. The van der Waals surface area contributed by atoms with Crippen molar-refractivity contribution in [2.24, 2.45) is 17.8 Å². The number of allylic oxidation sites excluding steroid dienone is 2. The molecule has 3 atom stereocenters. The second-order valence-electron chi connectivity index (χ2n) is 7.73. The van der Waals surface area contributed by atoms with Crippen LogP contribution in [0.5, 0.6) is 11.5 Å². The average Bonchev–Trinajstić information content (AvgIpc) is 3.30. The third-order valence-corrected chi connectivity index (χ3v) is 6.17. The molecule has 1 aromatic carbocycles. The molecule has 2 bridgehead atoms. The Balaban J connectivity index is 1.34. The summed E-state index contributed by atoms with van der Waals surface area (Å²) in [5.74, 6) is 3.80. The highest BCUT2D eigenvalue weighted by Gasteiger charge is 2.36. The Morgan fingerprint density at radius 1 is 1.00 bits per heavy atom. The van der Waals surface area contributed by atoms with Gasteiger partial charge in [-0.2, -0.15) is 0 Å². The van der Waals surface area contributed by atoms with Crippen LogP contribution in [-0.4, -0.2) is 62.7 Å². The Bertz CT molecular complexity index is 672. The van der Waals surface area contributed by atoms with Gasteiger partial charge in [0, 0.05) is 44.4 Å². The van der Waals surface area contributed by atoms with E-state index in [1.807, 2.05) is 4.90 Å². The number of hydrogen-bond donors (Lipinski definition) is 0. The number of amides is 1. The molecule has 1 amide bonds. The van der Waals surface area contributed by atoms with Gasteiger partial charge >= 0.3 is 0 Å². The molecule has 3 aliphatic rings. The van der Waals surface area contributed by atoms with E-state index in [1.54, 1.807) is 32.4 Å². The minimum atomic E-state index is 0.0599. The number of rotatable bonds is 5. The van der Waals surface area contributed by atoms with Gasteiger partial charge in [0.25, 0.3) is 5.91 Å². The van der Waals surface area contributed by atoms with E-state index in [0.717, 1.165) is 43.9 Å². The molecule has 0 N–H and O–H groups in total. The summed E-state index contributed by atoms with van der Waals surface area (Å²) < 4.78 is 10.6. The lowest BCUT2D eigenvalue weighted by Gasteiger charge is -2.37. The standard InChI is InChI=1S/C21H28N2O3/c1-25-19-11-17(12-20(13-19)26-2)21(24)23-7-5-22(6-8-23)14-18-10-15-3-4-16(18)9-15/h3-4,11-13,15-16,18H,5-10,14H2,1-2H3/t15-,16+,18-/m1/s1. The van der Waals surface area contributed by atoms with Gasteiger partial charge < -0.3 is 14.4 Å². The van der Waals surface area contributed by atoms with Crippen molar-refractivity contribution in [1.82, 2.24) is 9.80 Å². The van der Waals surface area contributed by atoms with Crippen molar-refractivity contribution in [3.63, 3.8) is 0 Å². The maximum absolute atomic E-state index is 12.9. The molecule has 140 valence electrons. The van der Waals surface area contributed by atoms with E-state index in [9.17, 15) is 4.79 Å². The number of carbonyl (C=O) groups excluding carboxylic acids is 1. The van der Waals surface area contributed by atoms with Gasteiger partial charge in [-0.3, -0.25) is 9.69 Å². The molecular formula is C21H28N2O3. The minimum Gasteiger partial charge on any atom is -0.497 e. The lowest BCUT2D eigenvalue weighted by Crippen LogP contribution is -2.50. The topological polar surface area (TPSA) is 42.0 Å². The summed E-state index contributed by atoms with van der Waals surface area (Å²) in [4.78, 5) is 17.4. The molecule has 0 unspecified atom stereocenters. The Morgan fingerprint density at radius 2 is 1.69 bits per heavy atom. The molecule has 2 fully saturated rings. The molecule has 5 nitrogen and oxygen atoms in total. The second-order valence-corrected chi connectivity index (χ2v) is 7.73. The van der Waals surface area contributed by atoms with E-state index in [4.69, 9.17) is 9.47 Å². The first-order chi connectivity index (χ1) is 12.7. The Morgan fingerprint density at radius 3 is 2.23 bits per heavy atom. The van der Waals surface area contributed by atoms with E-state index < -0.39 is 0 Å². The van der Waals surface area contributed by atoms with Crippen LogP contribution in [0.15, 0.2) is 30.4 Å². The van der Waals surface area contributed by atoms with E-state index in [1.165, 1.54) is 19.4 Å². The van der Waals surface area contributed by atoms with Crippen LogP contribution in [0.1, 0.15) is 23.2 Å². The van der Waals surface area contributed by atoms with Gasteiger partial charge in [-0.25, -0.2) is 0 Å². The number of hydrogen-bond acceptors (Lipinski definition) is 4. The van der Waals surface area contributed by atoms with Gasteiger partial charge in [-0.05, 0) is 42.7 Å². The molecule has 0 aromatic heterocycles. The molecule has 1 aromatic rings. The van der Waals surface area contributed by atoms with Gasteiger partial charge in [-0.1, -0.05) is 12.2 Å². The Labute approximate surface area is 155 Å². The molecule has 0 spiro atoms.